The Morgan fingerprint density at radius 1 is 1.15 bits per heavy atom. The van der Waals surface area contributed by atoms with Crippen molar-refractivity contribution >= 4 is 5.78 Å². The number of Topliss-reactive ketones (excluding diaryl/α,β-unsaturated/α-hetero) is 1. The van der Waals surface area contributed by atoms with Gasteiger partial charge in [0.2, 0.25) is 0 Å². The van der Waals surface area contributed by atoms with Crippen molar-refractivity contribution in [2.45, 2.75) is 65.7 Å². The van der Waals surface area contributed by atoms with E-state index in [-0.39, 0.29) is 0 Å². The molecule has 0 heterocycles. The van der Waals surface area contributed by atoms with Gasteiger partial charge in [-0.2, -0.15) is 0 Å². The summed E-state index contributed by atoms with van der Waals surface area (Å²) in [5.74, 6) is 1.19. The molecular formula is C12H24O. The molecule has 0 spiro atoms. The third kappa shape index (κ3) is 5.84. The van der Waals surface area contributed by atoms with Gasteiger partial charge in [-0.15, -0.1) is 0 Å². The second-order valence-corrected chi connectivity index (χ2v) is 3.60. The highest BCUT2D eigenvalue weighted by Crippen LogP contribution is 2.26. The second kappa shape index (κ2) is 8.28. The van der Waals surface area contributed by atoms with Crippen LogP contribution < -0.4 is 0 Å². The number of carbonyl (C=O) groups excluding carboxylic acids is 1. The third-order valence-electron chi connectivity index (χ3n) is 2.64. The van der Waals surface area contributed by atoms with Gasteiger partial charge in [-0.25, -0.2) is 0 Å². The Bertz CT molecular complexity index is 123. The fraction of sp³-hybridized carbons (Fsp3) is 0.917. The van der Waals surface area contributed by atoms with E-state index in [0.717, 1.165) is 18.8 Å². The Kier molecular flexibility index (Phi) is 8.07. The minimum Gasteiger partial charge on any atom is -0.300 e. The molecule has 1 aliphatic rings. The van der Waals surface area contributed by atoms with Gasteiger partial charge in [0.25, 0.3) is 0 Å². The summed E-state index contributed by atoms with van der Waals surface area (Å²) in [6.07, 6.45) is 8.27. The van der Waals surface area contributed by atoms with Crippen molar-refractivity contribution in [3.05, 3.63) is 0 Å². The molecule has 0 aromatic carbocycles. The van der Waals surface area contributed by atoms with Crippen molar-refractivity contribution < 1.29 is 4.79 Å². The summed E-state index contributed by atoms with van der Waals surface area (Å²) in [7, 11) is 0. The number of ketones is 1. The van der Waals surface area contributed by atoms with E-state index in [1.165, 1.54) is 32.1 Å². The molecule has 1 fully saturated rings. The van der Waals surface area contributed by atoms with Crippen molar-refractivity contribution in [2.24, 2.45) is 5.92 Å². The monoisotopic (exact) mass is 184 g/mol. The van der Waals surface area contributed by atoms with Gasteiger partial charge in [0, 0.05) is 12.8 Å². The van der Waals surface area contributed by atoms with Crippen LogP contribution in [-0.2, 0) is 4.79 Å². The first-order valence-corrected chi connectivity index (χ1v) is 5.84. The lowest BCUT2D eigenvalue weighted by molar-refractivity contribution is -0.119. The van der Waals surface area contributed by atoms with Crippen LogP contribution in [0.25, 0.3) is 0 Å². The summed E-state index contributed by atoms with van der Waals surface area (Å²) in [4.78, 5) is 11.1. The summed E-state index contributed by atoms with van der Waals surface area (Å²) in [6, 6.07) is 0. The Morgan fingerprint density at radius 3 is 2.15 bits per heavy atom. The molecule has 0 amide bonds. The maximum absolute atomic E-state index is 11.1. The van der Waals surface area contributed by atoms with Crippen LogP contribution in [0, 0.1) is 5.92 Å². The van der Waals surface area contributed by atoms with Gasteiger partial charge in [0.1, 0.15) is 5.78 Å². The van der Waals surface area contributed by atoms with Gasteiger partial charge < -0.3 is 0 Å². The van der Waals surface area contributed by atoms with Crippen LogP contribution in [0.15, 0.2) is 0 Å². The van der Waals surface area contributed by atoms with Gasteiger partial charge >= 0.3 is 0 Å². The van der Waals surface area contributed by atoms with Gasteiger partial charge in [0.05, 0.1) is 0 Å². The van der Waals surface area contributed by atoms with Crippen LogP contribution in [0.2, 0.25) is 0 Å². The highest BCUT2D eigenvalue weighted by Gasteiger charge is 2.15. The molecule has 13 heavy (non-hydrogen) atoms. The van der Waals surface area contributed by atoms with Crippen LogP contribution >= 0.6 is 0 Å². The molecule has 0 saturated heterocycles. The maximum Gasteiger partial charge on any atom is 0.132 e. The standard InChI is InChI=1S/C10H18O.C2H6/c1-2-10(11)8-9-6-4-3-5-7-9;1-2/h9H,2-8H2,1H3;1-2H3. The van der Waals surface area contributed by atoms with E-state index in [0.29, 0.717) is 5.78 Å². The van der Waals surface area contributed by atoms with E-state index < -0.39 is 0 Å². The molecule has 78 valence electrons. The number of hydrogen-bond acceptors (Lipinski definition) is 1. The van der Waals surface area contributed by atoms with E-state index in [4.69, 9.17) is 0 Å². The zero-order chi connectivity index (χ0) is 10.1. The Labute approximate surface area is 82.9 Å². The van der Waals surface area contributed by atoms with E-state index in [1.807, 2.05) is 20.8 Å². The van der Waals surface area contributed by atoms with Crippen molar-refractivity contribution in [3.63, 3.8) is 0 Å². The Balaban J connectivity index is 0.000000671. The molecule has 1 saturated carbocycles. The summed E-state index contributed by atoms with van der Waals surface area (Å²) in [5, 5.41) is 0. The smallest absolute Gasteiger partial charge is 0.132 e. The minimum atomic E-state index is 0.455. The molecule has 0 radical (unpaired) electrons. The highest BCUT2D eigenvalue weighted by molar-refractivity contribution is 5.78. The average Bonchev–Trinajstić information content (AvgIpc) is 2.22. The van der Waals surface area contributed by atoms with Crippen molar-refractivity contribution in [1.29, 1.82) is 0 Å². The Hall–Kier alpha value is -0.330. The summed E-state index contributed by atoms with van der Waals surface area (Å²) < 4.78 is 0. The normalized spacial score (nSPS) is 17.5. The first kappa shape index (κ1) is 12.7. The summed E-state index contributed by atoms with van der Waals surface area (Å²) in [6.45, 7) is 5.96. The highest BCUT2D eigenvalue weighted by atomic mass is 16.1. The van der Waals surface area contributed by atoms with E-state index >= 15 is 0 Å². The zero-order valence-electron chi connectivity index (χ0n) is 9.44. The molecule has 0 N–H and O–H groups in total. The molecule has 0 aliphatic heterocycles. The quantitative estimate of drug-likeness (QED) is 0.648. The van der Waals surface area contributed by atoms with Crippen LogP contribution in [0.4, 0.5) is 0 Å². The first-order valence-electron chi connectivity index (χ1n) is 5.84. The predicted octanol–water partition coefficient (Wildman–Crippen LogP) is 3.96. The molecule has 0 unspecified atom stereocenters. The lowest BCUT2D eigenvalue weighted by Crippen LogP contribution is -2.11. The van der Waals surface area contributed by atoms with Gasteiger partial charge in [-0.05, 0) is 5.92 Å². The Morgan fingerprint density at radius 2 is 1.69 bits per heavy atom. The van der Waals surface area contributed by atoms with Gasteiger partial charge in [0.15, 0.2) is 0 Å². The largest absolute Gasteiger partial charge is 0.300 e. The van der Waals surface area contributed by atoms with Crippen molar-refractivity contribution in [2.75, 3.05) is 0 Å². The molecule has 0 aromatic rings. The fourth-order valence-corrected chi connectivity index (χ4v) is 1.86. The molecule has 0 aromatic heterocycles. The predicted molar refractivity (Wildman–Crippen MR) is 57.8 cm³/mol. The molecule has 1 rings (SSSR count). The van der Waals surface area contributed by atoms with Gasteiger partial charge in [-0.3, -0.25) is 4.79 Å². The van der Waals surface area contributed by atoms with Crippen LogP contribution in [0.1, 0.15) is 65.7 Å². The van der Waals surface area contributed by atoms with E-state index in [2.05, 4.69) is 0 Å². The molecule has 0 atom stereocenters. The zero-order valence-corrected chi connectivity index (χ0v) is 9.44. The summed E-state index contributed by atoms with van der Waals surface area (Å²) >= 11 is 0. The first-order chi connectivity index (χ1) is 6.33. The van der Waals surface area contributed by atoms with Gasteiger partial charge in [-0.1, -0.05) is 52.9 Å². The van der Waals surface area contributed by atoms with Crippen LogP contribution in [0.5, 0.6) is 0 Å². The summed E-state index contributed by atoms with van der Waals surface area (Å²) in [5.41, 5.74) is 0. The third-order valence-corrected chi connectivity index (χ3v) is 2.64. The lowest BCUT2D eigenvalue weighted by Gasteiger charge is -2.20. The molecular weight excluding hydrogens is 160 g/mol. The van der Waals surface area contributed by atoms with E-state index in [9.17, 15) is 4.79 Å². The fourth-order valence-electron chi connectivity index (χ4n) is 1.86. The number of rotatable bonds is 3. The molecule has 1 heteroatoms. The molecule has 1 nitrogen and oxygen atoms in total. The van der Waals surface area contributed by atoms with Crippen molar-refractivity contribution in [1.82, 2.24) is 0 Å². The topological polar surface area (TPSA) is 17.1 Å². The van der Waals surface area contributed by atoms with Crippen LogP contribution in [0.3, 0.4) is 0 Å². The van der Waals surface area contributed by atoms with E-state index in [1.54, 1.807) is 0 Å². The maximum atomic E-state index is 11.1. The lowest BCUT2D eigenvalue weighted by atomic mass is 9.85. The minimum absolute atomic E-state index is 0.455. The van der Waals surface area contributed by atoms with Crippen LogP contribution in [-0.4, -0.2) is 5.78 Å². The van der Waals surface area contributed by atoms with Crippen molar-refractivity contribution in [3.8, 4) is 0 Å². The molecule has 0 bridgehead atoms. The number of carbonyl (C=O) groups is 1. The SMILES string of the molecule is CC.CCC(=O)CC1CCCCC1. The second-order valence-electron chi connectivity index (χ2n) is 3.60. The number of hydrogen-bond donors (Lipinski definition) is 0. The average molecular weight is 184 g/mol. The molecule has 1 aliphatic carbocycles.